The van der Waals surface area contributed by atoms with Crippen molar-refractivity contribution in [2.24, 2.45) is 0 Å². The van der Waals surface area contributed by atoms with Crippen LogP contribution in [-0.2, 0) is 0 Å². The molecule has 0 bridgehead atoms. The normalized spacial score (nSPS) is 14.9. The third-order valence-corrected chi connectivity index (χ3v) is 2.39. The fraction of sp³-hybridized carbons (Fsp3) is 0.333. The largest absolute Gasteiger partial charge is 0.483 e. The van der Waals surface area contributed by atoms with Crippen molar-refractivity contribution >= 4 is 22.0 Å². The molecule has 2 rings (SSSR count). The van der Waals surface area contributed by atoms with Crippen molar-refractivity contribution in [3.8, 4) is 10.8 Å². The topological polar surface area (TPSA) is 70.5 Å². The van der Waals surface area contributed by atoms with E-state index in [1.165, 1.54) is 11.3 Å². The molecular weight excluding hydrogens is 164 g/mol. The van der Waals surface area contributed by atoms with Crippen molar-refractivity contribution < 1.29 is 9.47 Å². The Balaban J connectivity index is 2.50. The van der Waals surface area contributed by atoms with Crippen LogP contribution in [0.4, 0.5) is 10.7 Å². The molecule has 0 aliphatic carbocycles. The number of fused-ring (bicyclic) bond motifs is 1. The van der Waals surface area contributed by atoms with Crippen LogP contribution in [0.3, 0.4) is 0 Å². The summed E-state index contributed by atoms with van der Waals surface area (Å²) in [5.74, 6) is 0.610. The van der Waals surface area contributed by atoms with Crippen LogP contribution >= 0.6 is 11.3 Å². The molecule has 0 unspecified atom stereocenters. The minimum atomic E-state index is 0.504. The molecule has 1 aliphatic rings. The molecule has 0 spiro atoms. The zero-order valence-corrected chi connectivity index (χ0v) is 6.61. The summed E-state index contributed by atoms with van der Waals surface area (Å²) in [5.41, 5.74) is 11.7. The van der Waals surface area contributed by atoms with E-state index < -0.39 is 0 Å². The fourth-order valence-electron chi connectivity index (χ4n) is 0.933. The van der Waals surface area contributed by atoms with Crippen LogP contribution in [0.25, 0.3) is 0 Å². The zero-order chi connectivity index (χ0) is 7.84. The van der Waals surface area contributed by atoms with Gasteiger partial charge in [-0.15, -0.1) is 0 Å². The molecule has 0 atom stereocenters. The van der Waals surface area contributed by atoms with Gasteiger partial charge >= 0.3 is 0 Å². The summed E-state index contributed by atoms with van der Waals surface area (Å²) in [7, 11) is 0. The molecule has 1 aromatic heterocycles. The average molecular weight is 172 g/mol. The summed E-state index contributed by atoms with van der Waals surface area (Å²) in [6, 6.07) is 0. The molecule has 4 nitrogen and oxygen atoms in total. The Kier molecular flexibility index (Phi) is 1.32. The first-order chi connectivity index (χ1) is 5.29. The van der Waals surface area contributed by atoms with Crippen LogP contribution in [-0.4, -0.2) is 13.2 Å². The fourth-order valence-corrected chi connectivity index (χ4v) is 1.74. The minimum absolute atomic E-state index is 0.504. The maximum absolute atomic E-state index is 5.60. The van der Waals surface area contributed by atoms with Gasteiger partial charge in [-0.3, -0.25) is 0 Å². The van der Waals surface area contributed by atoms with E-state index in [1.807, 2.05) is 0 Å². The van der Waals surface area contributed by atoms with Crippen LogP contribution in [0.2, 0.25) is 0 Å². The second-order valence-electron chi connectivity index (χ2n) is 2.19. The SMILES string of the molecule is Nc1sc2c(c1N)OCCO2. The van der Waals surface area contributed by atoms with Gasteiger partial charge in [0.15, 0.2) is 5.75 Å². The van der Waals surface area contributed by atoms with E-state index in [4.69, 9.17) is 20.9 Å². The predicted molar refractivity (Wildman–Crippen MR) is 44.1 cm³/mol. The van der Waals surface area contributed by atoms with E-state index in [0.29, 0.717) is 34.7 Å². The Hall–Kier alpha value is -1.10. The molecule has 11 heavy (non-hydrogen) atoms. The Labute approximate surface area is 67.7 Å². The van der Waals surface area contributed by atoms with E-state index in [-0.39, 0.29) is 0 Å². The Morgan fingerprint density at radius 3 is 2.64 bits per heavy atom. The number of ether oxygens (including phenoxy) is 2. The van der Waals surface area contributed by atoms with Crippen LogP contribution in [0, 0.1) is 0 Å². The summed E-state index contributed by atoms with van der Waals surface area (Å²) in [4.78, 5) is 0. The van der Waals surface area contributed by atoms with Crippen molar-refractivity contribution in [1.29, 1.82) is 0 Å². The number of hydrogen-bond acceptors (Lipinski definition) is 5. The summed E-state index contributed by atoms with van der Waals surface area (Å²) >= 11 is 1.32. The van der Waals surface area contributed by atoms with Gasteiger partial charge in [0.1, 0.15) is 23.9 Å². The lowest BCUT2D eigenvalue weighted by molar-refractivity contribution is 0.179. The molecule has 4 N–H and O–H groups in total. The van der Waals surface area contributed by atoms with E-state index in [2.05, 4.69) is 0 Å². The number of thiophene rings is 1. The Bertz CT molecular complexity index is 284. The van der Waals surface area contributed by atoms with Gasteiger partial charge in [-0.05, 0) is 0 Å². The summed E-state index contributed by atoms with van der Waals surface area (Å²) < 4.78 is 10.5. The maximum Gasteiger partial charge on any atom is 0.221 e. The summed E-state index contributed by atoms with van der Waals surface area (Å²) in [6.07, 6.45) is 0. The Morgan fingerprint density at radius 1 is 1.18 bits per heavy atom. The highest BCUT2D eigenvalue weighted by Crippen LogP contribution is 2.47. The molecule has 0 fully saturated rings. The van der Waals surface area contributed by atoms with E-state index in [1.54, 1.807) is 0 Å². The van der Waals surface area contributed by atoms with Crippen molar-refractivity contribution in [1.82, 2.24) is 0 Å². The van der Waals surface area contributed by atoms with Crippen molar-refractivity contribution in [2.45, 2.75) is 0 Å². The number of nitrogens with two attached hydrogens (primary N) is 2. The average Bonchev–Trinajstić information content (AvgIpc) is 2.30. The zero-order valence-electron chi connectivity index (χ0n) is 5.79. The molecule has 5 heteroatoms. The van der Waals surface area contributed by atoms with Gasteiger partial charge in [0.05, 0.1) is 0 Å². The predicted octanol–water partition coefficient (Wildman–Crippen LogP) is 0.684. The van der Waals surface area contributed by atoms with Gasteiger partial charge in [-0.1, -0.05) is 11.3 Å². The molecular formula is C6H8N2O2S. The molecule has 0 aromatic carbocycles. The van der Waals surface area contributed by atoms with Gasteiger partial charge in [-0.25, -0.2) is 0 Å². The van der Waals surface area contributed by atoms with Crippen LogP contribution in [0.1, 0.15) is 0 Å². The highest BCUT2D eigenvalue weighted by molar-refractivity contribution is 7.18. The lowest BCUT2D eigenvalue weighted by Gasteiger charge is -2.13. The van der Waals surface area contributed by atoms with Crippen molar-refractivity contribution in [3.63, 3.8) is 0 Å². The quantitative estimate of drug-likeness (QED) is 0.603. The van der Waals surface area contributed by atoms with Gasteiger partial charge in [0, 0.05) is 0 Å². The van der Waals surface area contributed by atoms with Crippen molar-refractivity contribution in [2.75, 3.05) is 24.7 Å². The first kappa shape index (κ1) is 6.60. The highest BCUT2D eigenvalue weighted by Gasteiger charge is 2.20. The lowest BCUT2D eigenvalue weighted by atomic mass is 10.4. The van der Waals surface area contributed by atoms with Crippen LogP contribution in [0.15, 0.2) is 0 Å². The smallest absolute Gasteiger partial charge is 0.221 e. The molecule has 60 valence electrons. The third kappa shape index (κ3) is 0.883. The molecule has 1 aliphatic heterocycles. The van der Waals surface area contributed by atoms with E-state index >= 15 is 0 Å². The molecule has 0 amide bonds. The molecule has 0 saturated heterocycles. The first-order valence-electron chi connectivity index (χ1n) is 3.22. The number of nitrogen functional groups attached to an aromatic ring is 2. The Morgan fingerprint density at radius 2 is 1.91 bits per heavy atom. The van der Waals surface area contributed by atoms with Crippen LogP contribution in [0.5, 0.6) is 10.8 Å². The first-order valence-corrected chi connectivity index (χ1v) is 4.04. The van der Waals surface area contributed by atoms with E-state index in [9.17, 15) is 0 Å². The van der Waals surface area contributed by atoms with Gasteiger partial charge in [0.2, 0.25) is 5.06 Å². The van der Waals surface area contributed by atoms with Crippen LogP contribution < -0.4 is 20.9 Å². The number of anilines is 2. The summed E-state index contributed by atoms with van der Waals surface area (Å²) in [5, 5.41) is 1.27. The monoisotopic (exact) mass is 172 g/mol. The van der Waals surface area contributed by atoms with E-state index in [0.717, 1.165) is 0 Å². The minimum Gasteiger partial charge on any atom is -0.483 e. The van der Waals surface area contributed by atoms with Gasteiger partial charge in [0.25, 0.3) is 0 Å². The highest BCUT2D eigenvalue weighted by atomic mass is 32.1. The van der Waals surface area contributed by atoms with Gasteiger partial charge < -0.3 is 20.9 Å². The second-order valence-corrected chi connectivity index (χ2v) is 3.21. The lowest BCUT2D eigenvalue weighted by Crippen LogP contribution is -2.14. The molecule has 0 saturated carbocycles. The number of hydrogen-bond donors (Lipinski definition) is 2. The van der Waals surface area contributed by atoms with Gasteiger partial charge in [-0.2, -0.15) is 0 Å². The maximum atomic E-state index is 5.60. The summed E-state index contributed by atoms with van der Waals surface area (Å²) in [6.45, 7) is 1.12. The molecule has 2 heterocycles. The molecule has 0 radical (unpaired) electrons. The third-order valence-electron chi connectivity index (χ3n) is 1.46. The van der Waals surface area contributed by atoms with Crippen molar-refractivity contribution in [3.05, 3.63) is 0 Å². The second kappa shape index (κ2) is 2.20. The number of rotatable bonds is 0. The molecule has 1 aromatic rings. The standard InChI is InChI=1S/C6H8N2O2S/c7-3-4-6(11-5(3)8)10-2-1-9-4/h1-2,7-8H2.